The van der Waals surface area contributed by atoms with Crippen LogP contribution in [0.1, 0.15) is 0 Å². The van der Waals surface area contributed by atoms with Gasteiger partial charge in [-0.15, -0.1) is 11.8 Å². The van der Waals surface area contributed by atoms with E-state index in [0.717, 1.165) is 0 Å². The van der Waals surface area contributed by atoms with Crippen molar-refractivity contribution in [2.24, 2.45) is 0 Å². The summed E-state index contributed by atoms with van der Waals surface area (Å²) in [6.07, 6.45) is 0. The van der Waals surface area contributed by atoms with Gasteiger partial charge in [-0.25, -0.2) is 22.7 Å². The maximum Gasteiger partial charge on any atom is 0.327 e. The Hall–Kier alpha value is -1.00. The molecule has 3 N–H and O–H groups in total. The molecule has 0 radical (unpaired) electrons. The first-order valence-electron chi connectivity index (χ1n) is 5.13. The Balaban J connectivity index is 2.44. The first-order chi connectivity index (χ1) is 8.37. The van der Waals surface area contributed by atoms with Crippen molar-refractivity contribution in [1.29, 1.82) is 0 Å². The predicted molar refractivity (Wildman–Crippen MR) is 66.8 cm³/mol. The molecule has 104 valence electrons. The zero-order chi connectivity index (χ0) is 13.8. The lowest BCUT2D eigenvalue weighted by atomic mass is 10.3. The van der Waals surface area contributed by atoms with Gasteiger partial charge in [-0.3, -0.25) is 0 Å². The van der Waals surface area contributed by atoms with Crippen LogP contribution in [0.3, 0.4) is 0 Å². The first-order valence-corrected chi connectivity index (χ1v) is 7.94. The van der Waals surface area contributed by atoms with E-state index in [9.17, 15) is 18.0 Å². The van der Waals surface area contributed by atoms with Crippen LogP contribution in [-0.2, 0) is 14.8 Å². The predicted octanol–water partition coefficient (Wildman–Crippen LogP) is -1.30. The van der Waals surface area contributed by atoms with Crippen molar-refractivity contribution in [3.8, 4) is 0 Å². The molecule has 1 atom stereocenters. The third-order valence-electron chi connectivity index (χ3n) is 2.39. The van der Waals surface area contributed by atoms with Crippen LogP contribution >= 0.6 is 11.8 Å². The fourth-order valence-electron chi connectivity index (χ4n) is 1.34. The molecule has 8 nitrogen and oxygen atoms in total. The van der Waals surface area contributed by atoms with E-state index >= 15 is 0 Å². The molecule has 0 saturated carbocycles. The monoisotopic (exact) mass is 297 g/mol. The summed E-state index contributed by atoms with van der Waals surface area (Å²) < 4.78 is 24.3. The van der Waals surface area contributed by atoms with E-state index in [1.807, 2.05) is 0 Å². The number of sulfonamides is 1. The van der Waals surface area contributed by atoms with Gasteiger partial charge in [0.25, 0.3) is 0 Å². The van der Waals surface area contributed by atoms with E-state index in [0.29, 0.717) is 11.6 Å². The number of hydrogen-bond donors (Lipinski definition) is 3. The van der Waals surface area contributed by atoms with Gasteiger partial charge in [-0.05, 0) is 7.05 Å². The van der Waals surface area contributed by atoms with Crippen LogP contribution in [0.4, 0.5) is 4.79 Å². The third kappa shape index (κ3) is 4.03. The van der Waals surface area contributed by atoms with Crippen LogP contribution < -0.4 is 10.0 Å². The zero-order valence-electron chi connectivity index (χ0n) is 9.75. The number of carbonyl (C=O) groups excluding carboxylic acids is 1. The fraction of sp³-hybridized carbons (Fsp3) is 0.750. The zero-order valence-corrected chi connectivity index (χ0v) is 11.4. The number of carboxylic acid groups (broad SMARTS) is 1. The van der Waals surface area contributed by atoms with Crippen molar-refractivity contribution >= 4 is 33.8 Å². The van der Waals surface area contributed by atoms with E-state index in [-0.39, 0.29) is 12.3 Å². The van der Waals surface area contributed by atoms with Crippen molar-refractivity contribution in [2.45, 2.75) is 6.04 Å². The van der Waals surface area contributed by atoms with Gasteiger partial charge in [-0.2, -0.15) is 0 Å². The molecule has 0 aromatic heterocycles. The van der Waals surface area contributed by atoms with Crippen molar-refractivity contribution < 1.29 is 23.1 Å². The van der Waals surface area contributed by atoms with Gasteiger partial charge in [-0.1, -0.05) is 0 Å². The Morgan fingerprint density at radius 3 is 2.72 bits per heavy atom. The van der Waals surface area contributed by atoms with Crippen LogP contribution in [0.2, 0.25) is 0 Å². The normalized spacial score (nSPS) is 19.8. The van der Waals surface area contributed by atoms with Gasteiger partial charge in [0, 0.05) is 12.3 Å². The van der Waals surface area contributed by atoms with E-state index in [1.54, 1.807) is 0 Å². The quantitative estimate of drug-likeness (QED) is 0.581. The summed E-state index contributed by atoms with van der Waals surface area (Å²) in [5.41, 5.74) is 0. The molecule has 1 rings (SSSR count). The minimum absolute atomic E-state index is 0.0600. The number of carbonyl (C=O) groups is 2. The topological polar surface area (TPSA) is 116 Å². The molecule has 0 spiro atoms. The van der Waals surface area contributed by atoms with Crippen molar-refractivity contribution in [3.63, 3.8) is 0 Å². The van der Waals surface area contributed by atoms with Crippen LogP contribution in [-0.4, -0.2) is 67.4 Å². The summed E-state index contributed by atoms with van der Waals surface area (Å²) >= 11 is 1.34. The molecule has 0 aliphatic carbocycles. The number of urea groups is 1. The van der Waals surface area contributed by atoms with Crippen molar-refractivity contribution in [2.75, 3.05) is 31.0 Å². The molecular weight excluding hydrogens is 282 g/mol. The molecule has 0 aromatic carbocycles. The highest BCUT2D eigenvalue weighted by Gasteiger charge is 2.34. The highest BCUT2D eigenvalue weighted by Crippen LogP contribution is 2.20. The van der Waals surface area contributed by atoms with Gasteiger partial charge < -0.3 is 15.3 Å². The summed E-state index contributed by atoms with van der Waals surface area (Å²) in [7, 11) is -2.09. The fourth-order valence-corrected chi connectivity index (χ4v) is 3.06. The van der Waals surface area contributed by atoms with E-state index in [2.05, 4.69) is 10.0 Å². The SMILES string of the molecule is CNS(=O)(=O)CCNC(=O)N1CSC[C@H]1C(=O)O. The Bertz CT molecular complexity index is 424. The van der Waals surface area contributed by atoms with E-state index in [4.69, 9.17) is 5.11 Å². The molecular formula is C8H15N3O5S2. The second-order valence-corrected chi connectivity index (χ2v) is 6.62. The summed E-state index contributed by atoms with van der Waals surface area (Å²) in [6, 6.07) is -1.41. The molecule has 0 unspecified atom stereocenters. The van der Waals surface area contributed by atoms with E-state index < -0.39 is 28.1 Å². The maximum atomic E-state index is 11.7. The Kier molecular flexibility index (Phi) is 5.23. The van der Waals surface area contributed by atoms with Gasteiger partial charge in [0.15, 0.2) is 0 Å². The number of nitrogens with zero attached hydrogens (tertiary/aromatic N) is 1. The molecule has 1 heterocycles. The smallest absolute Gasteiger partial charge is 0.327 e. The number of thioether (sulfide) groups is 1. The number of amides is 2. The molecule has 1 fully saturated rings. The first kappa shape index (κ1) is 15.1. The van der Waals surface area contributed by atoms with Crippen LogP contribution in [0.25, 0.3) is 0 Å². The average molecular weight is 297 g/mol. The van der Waals surface area contributed by atoms with Crippen molar-refractivity contribution in [1.82, 2.24) is 14.9 Å². The largest absolute Gasteiger partial charge is 0.480 e. The van der Waals surface area contributed by atoms with Crippen LogP contribution in [0, 0.1) is 0 Å². The Labute approximate surface area is 109 Å². The Morgan fingerprint density at radius 2 is 2.17 bits per heavy atom. The number of rotatable bonds is 5. The number of aliphatic carboxylic acids is 1. The molecule has 1 aliphatic rings. The summed E-state index contributed by atoms with van der Waals surface area (Å²) in [6.45, 7) is -0.0600. The van der Waals surface area contributed by atoms with Crippen LogP contribution in [0.15, 0.2) is 0 Å². The molecule has 1 saturated heterocycles. The van der Waals surface area contributed by atoms with Gasteiger partial charge in [0.1, 0.15) is 6.04 Å². The molecule has 18 heavy (non-hydrogen) atoms. The standard InChI is InChI=1S/C8H15N3O5S2/c1-9-18(15,16)3-2-10-8(14)11-5-17-4-6(11)7(12)13/h6,9H,2-5H2,1H3,(H,10,14)(H,12,13)/t6-/m0/s1. The highest BCUT2D eigenvalue weighted by atomic mass is 32.2. The lowest BCUT2D eigenvalue weighted by Crippen LogP contribution is -2.48. The summed E-state index contributed by atoms with van der Waals surface area (Å²) in [5.74, 6) is -0.661. The molecule has 1 aliphatic heterocycles. The molecule has 2 amide bonds. The van der Waals surface area contributed by atoms with Gasteiger partial charge in [0.2, 0.25) is 10.0 Å². The third-order valence-corrected chi connectivity index (χ3v) is 4.76. The molecule has 0 bridgehead atoms. The minimum Gasteiger partial charge on any atom is -0.480 e. The Morgan fingerprint density at radius 1 is 1.50 bits per heavy atom. The summed E-state index contributed by atoms with van der Waals surface area (Å²) in [5, 5.41) is 11.3. The maximum absolute atomic E-state index is 11.7. The van der Waals surface area contributed by atoms with E-state index in [1.165, 1.54) is 23.7 Å². The highest BCUT2D eigenvalue weighted by molar-refractivity contribution is 7.99. The van der Waals surface area contributed by atoms with Gasteiger partial charge in [0.05, 0.1) is 11.6 Å². The van der Waals surface area contributed by atoms with Crippen LogP contribution in [0.5, 0.6) is 0 Å². The second-order valence-electron chi connectivity index (χ2n) is 3.58. The lowest BCUT2D eigenvalue weighted by Gasteiger charge is -2.20. The lowest BCUT2D eigenvalue weighted by molar-refractivity contribution is -0.140. The second kappa shape index (κ2) is 6.25. The van der Waals surface area contributed by atoms with Gasteiger partial charge >= 0.3 is 12.0 Å². The molecule has 0 aromatic rings. The summed E-state index contributed by atoms with van der Waals surface area (Å²) in [4.78, 5) is 23.7. The number of nitrogens with one attached hydrogen (secondary N) is 2. The van der Waals surface area contributed by atoms with Crippen molar-refractivity contribution in [3.05, 3.63) is 0 Å². The number of carboxylic acids is 1. The average Bonchev–Trinajstić information content (AvgIpc) is 2.77. The number of hydrogen-bond acceptors (Lipinski definition) is 5. The minimum atomic E-state index is -3.37. The molecule has 10 heteroatoms.